The van der Waals surface area contributed by atoms with Gasteiger partial charge in [0.2, 0.25) is 5.91 Å². The van der Waals surface area contributed by atoms with Gasteiger partial charge in [-0.3, -0.25) is 9.69 Å². The summed E-state index contributed by atoms with van der Waals surface area (Å²) in [4.78, 5) is 16.1. The van der Waals surface area contributed by atoms with Gasteiger partial charge in [-0.1, -0.05) is 18.2 Å². The molecule has 5 heteroatoms. The van der Waals surface area contributed by atoms with E-state index in [1.54, 1.807) is 0 Å². The van der Waals surface area contributed by atoms with Gasteiger partial charge >= 0.3 is 0 Å². The summed E-state index contributed by atoms with van der Waals surface area (Å²) in [5.74, 6) is 1.56. The maximum absolute atomic E-state index is 12.2. The predicted octanol–water partition coefficient (Wildman–Crippen LogP) is 3.72. The molecule has 0 saturated carbocycles. The Bertz CT molecular complexity index is 662. The minimum Gasteiger partial charge on any atom is -0.494 e. The van der Waals surface area contributed by atoms with Crippen LogP contribution in [0.25, 0.3) is 0 Å². The molecule has 0 spiro atoms. The normalized spacial score (nSPS) is 15.7. The number of nitrogens with one attached hydrogen (secondary N) is 1. The number of piperidine rings is 1. The highest BCUT2D eigenvalue weighted by Gasteiger charge is 2.20. The topological polar surface area (TPSA) is 41.6 Å². The second kappa shape index (κ2) is 9.74. The number of thiophene rings is 1. The summed E-state index contributed by atoms with van der Waals surface area (Å²) in [5.41, 5.74) is 1.02. The number of carbonyl (C=O) groups is 1. The largest absolute Gasteiger partial charge is 0.494 e. The molecule has 0 atom stereocenters. The summed E-state index contributed by atoms with van der Waals surface area (Å²) in [6.07, 6.45) is 2.76. The van der Waals surface area contributed by atoms with Crippen LogP contribution in [-0.4, -0.2) is 37.0 Å². The number of benzene rings is 1. The Morgan fingerprint density at radius 1 is 1.23 bits per heavy atom. The lowest BCUT2D eigenvalue weighted by Crippen LogP contribution is -2.38. The van der Waals surface area contributed by atoms with E-state index in [0.717, 1.165) is 50.3 Å². The summed E-state index contributed by atoms with van der Waals surface area (Å²) >= 11 is 1.83. The second-order valence-electron chi connectivity index (χ2n) is 6.86. The number of rotatable bonds is 8. The van der Waals surface area contributed by atoms with Crippen LogP contribution in [0.4, 0.5) is 0 Å². The summed E-state index contributed by atoms with van der Waals surface area (Å²) in [7, 11) is 0. The minimum absolute atomic E-state index is 0.107. The molecule has 2 heterocycles. The van der Waals surface area contributed by atoms with Crippen LogP contribution in [0.2, 0.25) is 0 Å². The molecule has 0 radical (unpaired) electrons. The van der Waals surface area contributed by atoms with E-state index < -0.39 is 0 Å². The molecule has 1 fully saturated rings. The first kappa shape index (κ1) is 18.9. The van der Waals surface area contributed by atoms with Crippen molar-refractivity contribution < 1.29 is 9.53 Å². The van der Waals surface area contributed by atoms with Gasteiger partial charge in [0.25, 0.3) is 0 Å². The molecular formula is C21H28N2O2S. The van der Waals surface area contributed by atoms with Gasteiger partial charge in [0.15, 0.2) is 0 Å². The third-order valence-electron chi connectivity index (χ3n) is 4.85. The molecule has 1 aliphatic rings. The Labute approximate surface area is 160 Å². The van der Waals surface area contributed by atoms with E-state index in [2.05, 4.69) is 27.7 Å². The van der Waals surface area contributed by atoms with Gasteiger partial charge < -0.3 is 10.1 Å². The maximum atomic E-state index is 12.2. The van der Waals surface area contributed by atoms with Crippen LogP contribution in [0.15, 0.2) is 41.8 Å². The molecule has 1 aromatic heterocycles. The summed E-state index contributed by atoms with van der Waals surface area (Å²) < 4.78 is 5.43. The lowest BCUT2D eigenvalue weighted by molar-refractivity contribution is -0.120. The average Bonchev–Trinajstić information content (AvgIpc) is 3.16. The van der Waals surface area contributed by atoms with Gasteiger partial charge in [0.1, 0.15) is 5.75 Å². The van der Waals surface area contributed by atoms with Gasteiger partial charge in [-0.2, -0.15) is 0 Å². The van der Waals surface area contributed by atoms with E-state index in [0.29, 0.717) is 18.9 Å². The molecular weight excluding hydrogens is 344 g/mol. The zero-order valence-corrected chi connectivity index (χ0v) is 16.3. The number of amides is 1. The first-order valence-electron chi connectivity index (χ1n) is 9.46. The SMILES string of the molecule is CCOc1ccc(CC(=O)NCC2CCN(Cc3cccs3)CC2)cc1. The lowest BCUT2D eigenvalue weighted by atomic mass is 9.96. The van der Waals surface area contributed by atoms with E-state index in [9.17, 15) is 4.79 Å². The van der Waals surface area contributed by atoms with E-state index in [-0.39, 0.29) is 5.91 Å². The van der Waals surface area contributed by atoms with Crippen LogP contribution in [0.5, 0.6) is 5.75 Å². The molecule has 0 bridgehead atoms. The minimum atomic E-state index is 0.107. The quantitative estimate of drug-likeness (QED) is 0.768. The molecule has 2 aromatic rings. The van der Waals surface area contributed by atoms with Crippen molar-refractivity contribution in [1.29, 1.82) is 0 Å². The van der Waals surface area contributed by atoms with Crippen molar-refractivity contribution in [3.8, 4) is 5.75 Å². The first-order chi connectivity index (χ1) is 12.7. The number of nitrogens with zero attached hydrogens (tertiary/aromatic N) is 1. The standard InChI is InChI=1S/C21H28N2O2S/c1-2-25-19-7-5-17(6-8-19)14-21(24)22-15-18-9-11-23(12-10-18)16-20-4-3-13-26-20/h3-8,13,18H,2,9-12,14-16H2,1H3,(H,22,24). The van der Waals surface area contributed by atoms with E-state index >= 15 is 0 Å². The van der Waals surface area contributed by atoms with Crippen molar-refractivity contribution in [3.63, 3.8) is 0 Å². The highest BCUT2D eigenvalue weighted by Crippen LogP contribution is 2.20. The molecule has 1 aliphatic heterocycles. The number of hydrogen-bond acceptors (Lipinski definition) is 4. The highest BCUT2D eigenvalue weighted by molar-refractivity contribution is 7.09. The maximum Gasteiger partial charge on any atom is 0.224 e. The molecule has 26 heavy (non-hydrogen) atoms. The molecule has 1 aromatic carbocycles. The number of carbonyl (C=O) groups excluding carboxylic acids is 1. The molecule has 140 valence electrons. The Balaban J connectivity index is 1.34. The summed E-state index contributed by atoms with van der Waals surface area (Å²) in [6.45, 7) is 6.73. The molecule has 3 rings (SSSR count). The zero-order chi connectivity index (χ0) is 18.2. The average molecular weight is 373 g/mol. The predicted molar refractivity (Wildman–Crippen MR) is 107 cm³/mol. The van der Waals surface area contributed by atoms with E-state index in [4.69, 9.17) is 4.74 Å². The Hall–Kier alpha value is -1.85. The van der Waals surface area contributed by atoms with Gasteiger partial charge in [0, 0.05) is 18.0 Å². The van der Waals surface area contributed by atoms with Gasteiger partial charge in [0.05, 0.1) is 13.0 Å². The number of ether oxygens (including phenoxy) is 1. The first-order valence-corrected chi connectivity index (χ1v) is 10.3. The van der Waals surface area contributed by atoms with Crippen molar-refractivity contribution in [2.24, 2.45) is 5.92 Å². The van der Waals surface area contributed by atoms with Gasteiger partial charge in [-0.15, -0.1) is 11.3 Å². The molecule has 0 unspecified atom stereocenters. The van der Waals surface area contributed by atoms with Crippen molar-refractivity contribution in [2.45, 2.75) is 32.7 Å². The second-order valence-corrected chi connectivity index (χ2v) is 7.89. The number of likely N-dealkylation sites (tertiary alicyclic amines) is 1. The van der Waals surface area contributed by atoms with Crippen molar-refractivity contribution in [2.75, 3.05) is 26.2 Å². The Morgan fingerprint density at radius 3 is 2.65 bits per heavy atom. The van der Waals surface area contributed by atoms with Crippen LogP contribution < -0.4 is 10.1 Å². The molecule has 1 N–H and O–H groups in total. The third kappa shape index (κ3) is 5.85. The fraction of sp³-hybridized carbons (Fsp3) is 0.476. The summed E-state index contributed by atoms with van der Waals surface area (Å²) in [6, 6.07) is 12.1. The van der Waals surface area contributed by atoms with Crippen LogP contribution in [-0.2, 0) is 17.8 Å². The van der Waals surface area contributed by atoms with Crippen LogP contribution >= 0.6 is 11.3 Å². The van der Waals surface area contributed by atoms with Crippen molar-refractivity contribution >= 4 is 17.2 Å². The van der Waals surface area contributed by atoms with Gasteiger partial charge in [-0.25, -0.2) is 0 Å². The monoisotopic (exact) mass is 372 g/mol. The Morgan fingerprint density at radius 2 is 2.00 bits per heavy atom. The van der Waals surface area contributed by atoms with Crippen molar-refractivity contribution in [3.05, 3.63) is 52.2 Å². The lowest BCUT2D eigenvalue weighted by Gasteiger charge is -2.31. The van der Waals surface area contributed by atoms with Crippen LogP contribution in [0, 0.1) is 5.92 Å². The smallest absolute Gasteiger partial charge is 0.224 e. The fourth-order valence-corrected chi connectivity index (χ4v) is 4.09. The van der Waals surface area contributed by atoms with Crippen LogP contribution in [0.1, 0.15) is 30.2 Å². The highest BCUT2D eigenvalue weighted by atomic mass is 32.1. The fourth-order valence-electron chi connectivity index (χ4n) is 3.35. The van der Waals surface area contributed by atoms with Crippen LogP contribution in [0.3, 0.4) is 0 Å². The summed E-state index contributed by atoms with van der Waals surface area (Å²) in [5, 5.41) is 5.26. The third-order valence-corrected chi connectivity index (χ3v) is 5.71. The van der Waals surface area contributed by atoms with E-state index in [1.165, 1.54) is 4.88 Å². The number of hydrogen-bond donors (Lipinski definition) is 1. The van der Waals surface area contributed by atoms with Gasteiger partial charge in [-0.05, 0) is 67.9 Å². The molecule has 1 saturated heterocycles. The van der Waals surface area contributed by atoms with Crippen molar-refractivity contribution in [1.82, 2.24) is 10.2 Å². The zero-order valence-electron chi connectivity index (χ0n) is 15.4. The molecule has 0 aliphatic carbocycles. The molecule has 1 amide bonds. The van der Waals surface area contributed by atoms with E-state index in [1.807, 2.05) is 42.5 Å². The Kier molecular flexibility index (Phi) is 7.09. The molecule has 4 nitrogen and oxygen atoms in total.